The van der Waals surface area contributed by atoms with Crippen LogP contribution in [0.25, 0.3) is 33.2 Å². The molecule has 0 radical (unpaired) electrons. The summed E-state index contributed by atoms with van der Waals surface area (Å²) < 4.78 is 0. The molecule has 20 heavy (non-hydrogen) atoms. The molecule has 1 N–H and O–H groups in total. The second-order valence-corrected chi connectivity index (χ2v) is 5.05. The number of rotatable bonds is 1. The molecule has 96 valence electrons. The third-order valence-corrected chi connectivity index (χ3v) is 3.66. The summed E-state index contributed by atoms with van der Waals surface area (Å²) >= 11 is 5.95. The van der Waals surface area contributed by atoms with Gasteiger partial charge in [0.2, 0.25) is 0 Å². The van der Waals surface area contributed by atoms with Crippen molar-refractivity contribution in [1.29, 1.82) is 0 Å². The zero-order valence-corrected chi connectivity index (χ0v) is 11.2. The summed E-state index contributed by atoms with van der Waals surface area (Å²) in [4.78, 5) is 12.2. The molecule has 0 amide bonds. The van der Waals surface area contributed by atoms with Crippen LogP contribution in [-0.2, 0) is 0 Å². The number of hydrogen-bond donors (Lipinski definition) is 1. The third-order valence-electron chi connectivity index (χ3n) is 3.41. The normalized spacial score (nSPS) is 11.2. The Bertz CT molecular complexity index is 910. The van der Waals surface area contributed by atoms with E-state index in [9.17, 15) is 0 Å². The minimum Gasteiger partial charge on any atom is -0.337 e. The van der Waals surface area contributed by atoms with Crippen molar-refractivity contribution >= 4 is 33.7 Å². The smallest absolute Gasteiger partial charge is 0.139 e. The second kappa shape index (κ2) is 4.32. The molecule has 0 fully saturated rings. The average molecular weight is 280 g/mol. The summed E-state index contributed by atoms with van der Waals surface area (Å²) in [7, 11) is 0. The molecule has 0 aliphatic carbocycles. The molecular formula is C16H10ClN3. The van der Waals surface area contributed by atoms with E-state index in [-0.39, 0.29) is 0 Å². The SMILES string of the molecule is Clc1ccc(-c2ccnc3c2[nH]c2ncccc23)cc1. The number of halogens is 1. The van der Waals surface area contributed by atoms with Gasteiger partial charge in [0.15, 0.2) is 0 Å². The van der Waals surface area contributed by atoms with Crippen LogP contribution in [-0.4, -0.2) is 15.0 Å². The molecule has 3 heterocycles. The van der Waals surface area contributed by atoms with Crippen LogP contribution < -0.4 is 0 Å². The molecule has 0 saturated carbocycles. The summed E-state index contributed by atoms with van der Waals surface area (Å²) in [6.07, 6.45) is 3.60. The first-order chi connectivity index (χ1) is 9.83. The topological polar surface area (TPSA) is 41.6 Å². The zero-order chi connectivity index (χ0) is 13.5. The zero-order valence-electron chi connectivity index (χ0n) is 10.5. The van der Waals surface area contributed by atoms with E-state index in [0.29, 0.717) is 0 Å². The Morgan fingerprint density at radius 1 is 0.900 bits per heavy atom. The summed E-state index contributed by atoms with van der Waals surface area (Å²) in [6.45, 7) is 0. The number of nitrogens with zero attached hydrogens (tertiary/aromatic N) is 2. The van der Waals surface area contributed by atoms with Crippen LogP contribution >= 0.6 is 11.6 Å². The molecule has 4 aromatic rings. The molecule has 0 saturated heterocycles. The van der Waals surface area contributed by atoms with Gasteiger partial charge in [-0.3, -0.25) is 4.98 Å². The monoisotopic (exact) mass is 279 g/mol. The van der Waals surface area contributed by atoms with Crippen molar-refractivity contribution in [3.63, 3.8) is 0 Å². The highest BCUT2D eigenvalue weighted by molar-refractivity contribution is 6.30. The molecule has 0 atom stereocenters. The van der Waals surface area contributed by atoms with E-state index in [4.69, 9.17) is 11.6 Å². The quantitative estimate of drug-likeness (QED) is 0.560. The number of hydrogen-bond acceptors (Lipinski definition) is 2. The van der Waals surface area contributed by atoms with Gasteiger partial charge >= 0.3 is 0 Å². The fraction of sp³-hybridized carbons (Fsp3) is 0. The van der Waals surface area contributed by atoms with Gasteiger partial charge in [-0.15, -0.1) is 0 Å². The van der Waals surface area contributed by atoms with Crippen LogP contribution in [0.4, 0.5) is 0 Å². The highest BCUT2D eigenvalue weighted by Crippen LogP contribution is 2.31. The van der Waals surface area contributed by atoms with Gasteiger partial charge in [-0.25, -0.2) is 4.98 Å². The van der Waals surface area contributed by atoms with Crippen LogP contribution in [0.3, 0.4) is 0 Å². The van der Waals surface area contributed by atoms with Gasteiger partial charge in [0, 0.05) is 28.4 Å². The number of H-pyrrole nitrogens is 1. The van der Waals surface area contributed by atoms with Gasteiger partial charge in [0.25, 0.3) is 0 Å². The maximum absolute atomic E-state index is 5.95. The van der Waals surface area contributed by atoms with Crippen LogP contribution in [0.2, 0.25) is 5.02 Å². The average Bonchev–Trinajstić information content (AvgIpc) is 2.87. The molecule has 0 bridgehead atoms. The minimum atomic E-state index is 0.734. The van der Waals surface area contributed by atoms with Crippen molar-refractivity contribution in [3.8, 4) is 11.1 Å². The number of nitrogens with one attached hydrogen (secondary N) is 1. The van der Waals surface area contributed by atoms with Gasteiger partial charge in [-0.05, 0) is 35.9 Å². The number of aromatic nitrogens is 3. The van der Waals surface area contributed by atoms with E-state index in [0.717, 1.165) is 38.2 Å². The van der Waals surface area contributed by atoms with Crippen LogP contribution in [0.15, 0.2) is 54.9 Å². The number of benzene rings is 1. The van der Waals surface area contributed by atoms with Crippen molar-refractivity contribution in [1.82, 2.24) is 15.0 Å². The van der Waals surface area contributed by atoms with Gasteiger partial charge in [0.05, 0.1) is 11.0 Å². The van der Waals surface area contributed by atoms with Crippen LogP contribution in [0, 0.1) is 0 Å². The summed E-state index contributed by atoms with van der Waals surface area (Å²) in [5, 5.41) is 1.77. The molecule has 0 unspecified atom stereocenters. The van der Waals surface area contributed by atoms with Crippen LogP contribution in [0.1, 0.15) is 0 Å². The van der Waals surface area contributed by atoms with E-state index in [1.807, 2.05) is 48.7 Å². The van der Waals surface area contributed by atoms with Crippen molar-refractivity contribution in [2.24, 2.45) is 0 Å². The summed E-state index contributed by atoms with van der Waals surface area (Å²) in [5.41, 5.74) is 5.01. The first-order valence-corrected chi connectivity index (χ1v) is 6.68. The lowest BCUT2D eigenvalue weighted by molar-refractivity contribution is 1.34. The fourth-order valence-electron chi connectivity index (χ4n) is 2.48. The number of aromatic amines is 1. The van der Waals surface area contributed by atoms with Gasteiger partial charge in [-0.1, -0.05) is 23.7 Å². The number of pyridine rings is 2. The first kappa shape index (κ1) is 11.4. The predicted molar refractivity (Wildman–Crippen MR) is 81.8 cm³/mol. The fourth-order valence-corrected chi connectivity index (χ4v) is 2.60. The maximum Gasteiger partial charge on any atom is 0.139 e. The highest BCUT2D eigenvalue weighted by Gasteiger charge is 2.10. The molecule has 0 aliphatic rings. The molecule has 1 aromatic carbocycles. The summed E-state index contributed by atoms with van der Waals surface area (Å²) in [5.74, 6) is 0. The summed E-state index contributed by atoms with van der Waals surface area (Å²) in [6, 6.07) is 13.8. The van der Waals surface area contributed by atoms with E-state index < -0.39 is 0 Å². The van der Waals surface area contributed by atoms with Gasteiger partial charge < -0.3 is 4.98 Å². The molecule has 0 spiro atoms. The largest absolute Gasteiger partial charge is 0.337 e. The Labute approximate surface area is 120 Å². The molecule has 4 heteroatoms. The standard InChI is InChI=1S/C16H10ClN3/c17-11-5-3-10(4-6-11)12-7-9-18-14-13-2-1-8-19-16(13)20-15(12)14/h1-9H,(H,19,20). The van der Waals surface area contributed by atoms with E-state index in [1.165, 1.54) is 0 Å². The van der Waals surface area contributed by atoms with Crippen molar-refractivity contribution < 1.29 is 0 Å². The Hall–Kier alpha value is -2.39. The van der Waals surface area contributed by atoms with Crippen LogP contribution in [0.5, 0.6) is 0 Å². The Morgan fingerprint density at radius 3 is 2.60 bits per heavy atom. The molecular weight excluding hydrogens is 270 g/mol. The van der Waals surface area contributed by atoms with Gasteiger partial charge in [0.1, 0.15) is 5.65 Å². The molecule has 3 aromatic heterocycles. The van der Waals surface area contributed by atoms with E-state index in [1.54, 1.807) is 6.20 Å². The Balaban J connectivity index is 2.07. The Morgan fingerprint density at radius 2 is 1.75 bits per heavy atom. The van der Waals surface area contributed by atoms with E-state index >= 15 is 0 Å². The van der Waals surface area contributed by atoms with Crippen molar-refractivity contribution in [2.45, 2.75) is 0 Å². The minimum absolute atomic E-state index is 0.734. The highest BCUT2D eigenvalue weighted by atomic mass is 35.5. The maximum atomic E-state index is 5.95. The second-order valence-electron chi connectivity index (χ2n) is 4.61. The van der Waals surface area contributed by atoms with Crippen molar-refractivity contribution in [2.75, 3.05) is 0 Å². The molecule has 0 aliphatic heterocycles. The van der Waals surface area contributed by atoms with E-state index in [2.05, 4.69) is 15.0 Å². The van der Waals surface area contributed by atoms with Gasteiger partial charge in [-0.2, -0.15) is 0 Å². The molecule has 3 nitrogen and oxygen atoms in total. The predicted octanol–water partition coefficient (Wildman–Crippen LogP) is 4.43. The number of fused-ring (bicyclic) bond motifs is 3. The lowest BCUT2D eigenvalue weighted by Gasteiger charge is -2.03. The third kappa shape index (κ3) is 1.67. The lowest BCUT2D eigenvalue weighted by Crippen LogP contribution is -1.82. The van der Waals surface area contributed by atoms with Crippen molar-refractivity contribution in [3.05, 3.63) is 59.9 Å². The molecule has 4 rings (SSSR count). The first-order valence-electron chi connectivity index (χ1n) is 6.30. The lowest BCUT2D eigenvalue weighted by atomic mass is 10.1. The Kier molecular flexibility index (Phi) is 2.47.